The minimum atomic E-state index is -0.314. The van der Waals surface area contributed by atoms with Gasteiger partial charge in [-0.2, -0.15) is 0 Å². The molecule has 23 heavy (non-hydrogen) atoms. The Morgan fingerprint density at radius 2 is 2.00 bits per heavy atom. The van der Waals surface area contributed by atoms with E-state index in [4.69, 9.17) is 5.11 Å². The summed E-state index contributed by atoms with van der Waals surface area (Å²) >= 11 is 0. The molecule has 0 atom stereocenters. The first-order valence-electron chi connectivity index (χ1n) is 7.23. The number of nitrogens with one attached hydrogen (secondary N) is 2. The number of pyridine rings is 1. The number of benzene rings is 1. The fourth-order valence-corrected chi connectivity index (χ4v) is 1.80. The van der Waals surface area contributed by atoms with Gasteiger partial charge in [0.15, 0.2) is 0 Å². The summed E-state index contributed by atoms with van der Waals surface area (Å²) in [4.78, 5) is 16.0. The molecule has 0 bridgehead atoms. The lowest BCUT2D eigenvalue weighted by molar-refractivity contribution is -0.111. The maximum absolute atomic E-state index is 12.8. The minimum Gasteiger partial charge on any atom is -0.396 e. The van der Waals surface area contributed by atoms with Crippen molar-refractivity contribution in [3.05, 3.63) is 60.1 Å². The van der Waals surface area contributed by atoms with Crippen molar-refractivity contribution in [3.8, 4) is 0 Å². The molecule has 0 aliphatic rings. The Kier molecular flexibility index (Phi) is 6.26. The van der Waals surface area contributed by atoms with Crippen LogP contribution in [0.3, 0.4) is 0 Å². The van der Waals surface area contributed by atoms with Crippen molar-refractivity contribution in [1.29, 1.82) is 0 Å². The number of rotatable bonds is 7. The average molecular weight is 315 g/mol. The van der Waals surface area contributed by atoms with Gasteiger partial charge in [-0.3, -0.25) is 4.79 Å². The Bertz CT molecular complexity index is 655. The first kappa shape index (κ1) is 16.6. The second-order valence-electron chi connectivity index (χ2n) is 4.81. The van der Waals surface area contributed by atoms with Crippen LogP contribution in [0.4, 0.5) is 15.9 Å². The van der Waals surface area contributed by atoms with Crippen LogP contribution in [-0.2, 0) is 4.79 Å². The monoisotopic (exact) mass is 315 g/mol. The van der Waals surface area contributed by atoms with E-state index >= 15 is 0 Å². The van der Waals surface area contributed by atoms with E-state index < -0.39 is 0 Å². The third-order valence-electron chi connectivity index (χ3n) is 2.97. The quantitative estimate of drug-likeness (QED) is 0.542. The number of aliphatic hydroxyl groups is 1. The largest absolute Gasteiger partial charge is 0.396 e. The summed E-state index contributed by atoms with van der Waals surface area (Å²) in [5.41, 5.74) is 1.31. The van der Waals surface area contributed by atoms with Gasteiger partial charge < -0.3 is 15.7 Å². The topological polar surface area (TPSA) is 74.2 Å². The fraction of sp³-hybridized carbons (Fsp3) is 0.176. The van der Waals surface area contributed by atoms with E-state index in [2.05, 4.69) is 15.6 Å². The number of nitrogens with zero attached hydrogens (tertiary/aromatic N) is 1. The highest BCUT2D eigenvalue weighted by atomic mass is 19.1. The number of aliphatic hydroxyl groups excluding tert-OH is 1. The van der Waals surface area contributed by atoms with Crippen LogP contribution in [0.2, 0.25) is 0 Å². The summed E-state index contributed by atoms with van der Waals surface area (Å²) in [5, 5.41) is 14.4. The van der Waals surface area contributed by atoms with Gasteiger partial charge in [0.25, 0.3) is 0 Å². The molecule has 0 fully saturated rings. The lowest BCUT2D eigenvalue weighted by atomic mass is 10.2. The summed E-state index contributed by atoms with van der Waals surface area (Å²) < 4.78 is 12.8. The van der Waals surface area contributed by atoms with Gasteiger partial charge in [0.2, 0.25) is 5.91 Å². The Labute approximate surface area is 133 Å². The van der Waals surface area contributed by atoms with E-state index in [-0.39, 0.29) is 18.3 Å². The first-order chi connectivity index (χ1) is 11.2. The number of aromatic nitrogens is 1. The smallest absolute Gasteiger partial charge is 0.248 e. The summed E-state index contributed by atoms with van der Waals surface area (Å²) in [6.45, 7) is 0.761. The molecule has 1 amide bonds. The van der Waals surface area contributed by atoms with E-state index in [1.165, 1.54) is 18.2 Å². The van der Waals surface area contributed by atoms with Crippen molar-refractivity contribution >= 4 is 23.5 Å². The summed E-state index contributed by atoms with van der Waals surface area (Å²) in [6.07, 6.45) is 5.17. The van der Waals surface area contributed by atoms with E-state index in [0.29, 0.717) is 24.5 Å². The zero-order chi connectivity index (χ0) is 16.5. The molecule has 6 heteroatoms. The van der Waals surface area contributed by atoms with Crippen LogP contribution in [0.25, 0.3) is 6.08 Å². The molecule has 1 heterocycles. The molecule has 3 N–H and O–H groups in total. The molecule has 120 valence electrons. The SMILES string of the molecule is O=C(/C=C/c1ccc(F)cc1)Nc1ccc(NCCCO)nc1. The summed E-state index contributed by atoms with van der Waals surface area (Å²) in [5.74, 6) is 0.0702. The van der Waals surface area contributed by atoms with E-state index in [1.54, 1.807) is 36.5 Å². The van der Waals surface area contributed by atoms with Gasteiger partial charge >= 0.3 is 0 Å². The maximum Gasteiger partial charge on any atom is 0.248 e. The number of halogens is 1. The molecule has 0 aliphatic heterocycles. The zero-order valence-electron chi connectivity index (χ0n) is 12.5. The van der Waals surface area contributed by atoms with E-state index in [1.807, 2.05) is 0 Å². The molecular weight excluding hydrogens is 297 g/mol. The number of carbonyl (C=O) groups is 1. The molecule has 5 nitrogen and oxygen atoms in total. The van der Waals surface area contributed by atoms with E-state index in [0.717, 1.165) is 5.56 Å². The number of carbonyl (C=O) groups excluding carboxylic acids is 1. The highest BCUT2D eigenvalue weighted by molar-refractivity contribution is 6.01. The lowest BCUT2D eigenvalue weighted by Crippen LogP contribution is -2.09. The van der Waals surface area contributed by atoms with Gasteiger partial charge in [-0.05, 0) is 42.3 Å². The van der Waals surface area contributed by atoms with Gasteiger partial charge in [-0.15, -0.1) is 0 Å². The molecule has 0 radical (unpaired) electrons. The predicted molar refractivity (Wildman–Crippen MR) is 88.5 cm³/mol. The van der Waals surface area contributed by atoms with Crippen molar-refractivity contribution in [3.63, 3.8) is 0 Å². The predicted octanol–water partition coefficient (Wildman–Crippen LogP) is 2.67. The lowest BCUT2D eigenvalue weighted by Gasteiger charge is -2.06. The average Bonchev–Trinajstić information content (AvgIpc) is 2.56. The van der Waals surface area contributed by atoms with Crippen LogP contribution < -0.4 is 10.6 Å². The Hall–Kier alpha value is -2.73. The molecule has 0 saturated carbocycles. The van der Waals surface area contributed by atoms with E-state index in [9.17, 15) is 9.18 Å². The van der Waals surface area contributed by atoms with Crippen molar-refractivity contribution in [2.24, 2.45) is 0 Å². The van der Waals surface area contributed by atoms with Gasteiger partial charge in [0, 0.05) is 19.2 Å². The second-order valence-corrected chi connectivity index (χ2v) is 4.81. The summed E-state index contributed by atoms with van der Waals surface area (Å²) in [7, 11) is 0. The Morgan fingerprint density at radius 1 is 1.22 bits per heavy atom. The van der Waals surface area contributed by atoms with Crippen molar-refractivity contribution in [1.82, 2.24) is 4.98 Å². The third kappa shape index (κ3) is 5.88. The van der Waals surface area contributed by atoms with Crippen molar-refractivity contribution in [2.45, 2.75) is 6.42 Å². The minimum absolute atomic E-state index is 0.127. The third-order valence-corrected chi connectivity index (χ3v) is 2.97. The molecule has 1 aromatic heterocycles. The van der Waals surface area contributed by atoms with Crippen molar-refractivity contribution < 1.29 is 14.3 Å². The molecular formula is C17H18FN3O2. The zero-order valence-corrected chi connectivity index (χ0v) is 12.5. The number of hydrogen-bond acceptors (Lipinski definition) is 4. The molecule has 2 rings (SSSR count). The van der Waals surface area contributed by atoms with Crippen LogP contribution >= 0.6 is 0 Å². The van der Waals surface area contributed by atoms with Crippen LogP contribution in [0.15, 0.2) is 48.7 Å². The van der Waals surface area contributed by atoms with Crippen LogP contribution in [0.5, 0.6) is 0 Å². The molecule has 0 spiro atoms. The molecule has 1 aromatic carbocycles. The van der Waals surface area contributed by atoms with Crippen LogP contribution in [0.1, 0.15) is 12.0 Å². The first-order valence-corrected chi connectivity index (χ1v) is 7.23. The van der Waals surface area contributed by atoms with Gasteiger partial charge in [-0.25, -0.2) is 9.37 Å². The number of anilines is 2. The van der Waals surface area contributed by atoms with Crippen molar-refractivity contribution in [2.75, 3.05) is 23.8 Å². The standard InChI is InChI=1S/C17H18FN3O2/c18-14-5-2-13(3-6-14)4-9-17(23)21-15-7-8-16(20-12-15)19-10-1-11-22/h2-9,12,22H,1,10-11H2,(H,19,20)(H,21,23)/b9-4+. The van der Waals surface area contributed by atoms with Gasteiger partial charge in [0.1, 0.15) is 11.6 Å². The number of amides is 1. The van der Waals surface area contributed by atoms with Crippen LogP contribution in [0, 0.1) is 5.82 Å². The molecule has 0 saturated heterocycles. The van der Waals surface area contributed by atoms with Gasteiger partial charge in [-0.1, -0.05) is 12.1 Å². The maximum atomic E-state index is 12.8. The Balaban J connectivity index is 1.86. The second kappa shape index (κ2) is 8.65. The summed E-state index contributed by atoms with van der Waals surface area (Å²) in [6, 6.07) is 9.34. The highest BCUT2D eigenvalue weighted by Gasteiger charge is 1.99. The van der Waals surface area contributed by atoms with Crippen LogP contribution in [-0.4, -0.2) is 29.1 Å². The fourth-order valence-electron chi connectivity index (χ4n) is 1.80. The van der Waals surface area contributed by atoms with Gasteiger partial charge in [0.05, 0.1) is 11.9 Å². The number of hydrogen-bond donors (Lipinski definition) is 3. The molecule has 0 aliphatic carbocycles. The normalized spacial score (nSPS) is 10.7. The Morgan fingerprint density at radius 3 is 2.65 bits per heavy atom. The molecule has 0 unspecified atom stereocenters. The molecule has 2 aromatic rings. The highest BCUT2D eigenvalue weighted by Crippen LogP contribution is 2.10.